The van der Waals surface area contributed by atoms with Crippen molar-refractivity contribution in [2.24, 2.45) is 0 Å². The predicted octanol–water partition coefficient (Wildman–Crippen LogP) is 4.69. The molecule has 0 bridgehead atoms. The maximum Gasteiger partial charge on any atom is 0.254 e. The van der Waals surface area contributed by atoms with Crippen molar-refractivity contribution in [1.82, 2.24) is 5.48 Å². The van der Waals surface area contributed by atoms with E-state index in [1.165, 1.54) is 0 Å². The van der Waals surface area contributed by atoms with Crippen molar-refractivity contribution in [1.29, 1.82) is 0 Å². The van der Waals surface area contributed by atoms with E-state index in [1.807, 2.05) is 74.7 Å². The van der Waals surface area contributed by atoms with Crippen LogP contribution < -0.4 is 5.48 Å². The average Bonchev–Trinajstić information content (AvgIpc) is 2.33. The van der Waals surface area contributed by atoms with Crippen molar-refractivity contribution in [3.05, 3.63) is 27.4 Å². The molecule has 0 spiro atoms. The van der Waals surface area contributed by atoms with E-state index in [9.17, 15) is 14.8 Å². The largest absolute Gasteiger partial charge is 0.316 e. The van der Waals surface area contributed by atoms with Crippen molar-refractivity contribution < 1.29 is 14.8 Å². The van der Waals surface area contributed by atoms with Crippen molar-refractivity contribution >= 4 is 101 Å². The van der Waals surface area contributed by atoms with E-state index in [0.29, 0.717) is 22.7 Å². The van der Waals surface area contributed by atoms with Crippen LogP contribution in [0.25, 0.3) is 0 Å². The number of carbonyl (C=O) groups excluding carboxylic acids is 2. The fourth-order valence-electron chi connectivity index (χ4n) is 1.69. The highest BCUT2D eigenvalue weighted by molar-refractivity contribution is 14.1. The Hall–Kier alpha value is 1.25. The van der Waals surface area contributed by atoms with Crippen LogP contribution in [0.5, 0.6) is 0 Å². The first-order chi connectivity index (χ1) is 9.27. The molecule has 110 valence electrons. The molecule has 1 unspecified atom stereocenters. The molecule has 4 nitrogen and oxygen atoms in total. The summed E-state index contributed by atoms with van der Waals surface area (Å²) < 4.78 is 1.63. The molecule has 0 fully saturated rings. The molecule has 0 aromatic heterocycles. The van der Waals surface area contributed by atoms with Gasteiger partial charge in [0.2, 0.25) is 0 Å². The summed E-state index contributed by atoms with van der Waals surface area (Å²) in [6, 6.07) is -0.421. The molecular formula is C11H8Cl2I3NO3. The van der Waals surface area contributed by atoms with Crippen molar-refractivity contribution in [2.75, 3.05) is 0 Å². The molecule has 0 saturated heterocycles. The van der Waals surface area contributed by atoms with Crippen LogP contribution in [0.4, 0.5) is 0 Å². The van der Waals surface area contributed by atoms with Gasteiger partial charge in [-0.15, -0.1) is 0 Å². The van der Waals surface area contributed by atoms with Crippen molar-refractivity contribution in [2.45, 2.75) is 19.4 Å². The van der Waals surface area contributed by atoms with Gasteiger partial charge < -0.3 is 5.21 Å². The number of hydrogen-bond acceptors (Lipinski definition) is 4. The summed E-state index contributed by atoms with van der Waals surface area (Å²) >= 11 is 17.1. The Kier molecular flexibility index (Phi) is 7.91. The molecule has 20 heavy (non-hydrogen) atoms. The minimum atomic E-state index is -0.664. The van der Waals surface area contributed by atoms with Crippen LogP contribution in [0, 0.1) is 10.7 Å². The second-order valence-electron chi connectivity index (χ2n) is 3.74. The second kappa shape index (κ2) is 8.20. The predicted molar refractivity (Wildman–Crippen MR) is 103 cm³/mol. The van der Waals surface area contributed by atoms with Gasteiger partial charge in [0.25, 0.3) is 10.5 Å². The first-order valence-electron chi connectivity index (χ1n) is 5.27. The van der Waals surface area contributed by atoms with Crippen LogP contribution in [0.3, 0.4) is 0 Å². The Morgan fingerprint density at radius 1 is 1.10 bits per heavy atom. The third-order valence-corrected chi connectivity index (χ3v) is 6.35. The van der Waals surface area contributed by atoms with E-state index in [0.717, 1.165) is 0 Å². The number of rotatable bonds is 5. The van der Waals surface area contributed by atoms with E-state index in [-0.39, 0.29) is 11.1 Å². The van der Waals surface area contributed by atoms with Gasteiger partial charge in [-0.25, -0.2) is 0 Å². The molecule has 9 heteroatoms. The maximum atomic E-state index is 11.6. The van der Waals surface area contributed by atoms with Gasteiger partial charge in [0, 0.05) is 10.7 Å². The zero-order valence-corrected chi connectivity index (χ0v) is 17.9. The van der Waals surface area contributed by atoms with Crippen LogP contribution >= 0.6 is 91.0 Å². The van der Waals surface area contributed by atoms with Crippen LogP contribution in [0.15, 0.2) is 0 Å². The van der Waals surface area contributed by atoms with Crippen LogP contribution in [0.1, 0.15) is 45.7 Å². The average molecular weight is 654 g/mol. The second-order valence-corrected chi connectivity index (χ2v) is 7.67. The fraction of sp³-hybridized carbons (Fsp3) is 0.273. The highest BCUT2D eigenvalue weighted by Gasteiger charge is 2.29. The molecule has 0 radical (unpaired) electrons. The van der Waals surface area contributed by atoms with E-state index >= 15 is 0 Å². The monoisotopic (exact) mass is 653 g/mol. The molecule has 0 aliphatic rings. The summed E-state index contributed by atoms with van der Waals surface area (Å²) in [5.41, 5.74) is 3.30. The topological polar surface area (TPSA) is 66.4 Å². The molecular weight excluding hydrogens is 646 g/mol. The molecule has 2 N–H and O–H groups in total. The highest BCUT2D eigenvalue weighted by atomic mass is 127. The smallest absolute Gasteiger partial charge is 0.254 e. The number of hydroxylamine groups is 1. The summed E-state index contributed by atoms with van der Waals surface area (Å²) in [6.07, 6.45) is 0.564. The SMILES string of the molecule is CCC(NO)c1c(I)c(C(=O)Cl)c(I)c(C(=O)Cl)c1I. The molecule has 0 amide bonds. The van der Waals surface area contributed by atoms with Gasteiger partial charge in [-0.3, -0.25) is 9.59 Å². The molecule has 0 saturated carbocycles. The van der Waals surface area contributed by atoms with Gasteiger partial charge in [-0.05, 0) is 103 Å². The summed E-state index contributed by atoms with van der Waals surface area (Å²) in [6.45, 7) is 1.86. The van der Waals surface area contributed by atoms with Gasteiger partial charge in [0.1, 0.15) is 0 Å². The van der Waals surface area contributed by atoms with Crippen LogP contribution in [-0.2, 0) is 0 Å². The lowest BCUT2D eigenvalue weighted by Crippen LogP contribution is -2.22. The minimum Gasteiger partial charge on any atom is -0.316 e. The first-order valence-corrected chi connectivity index (χ1v) is 9.26. The Balaban J connectivity index is 3.84. The van der Waals surface area contributed by atoms with Gasteiger partial charge in [-0.2, -0.15) is 5.48 Å². The zero-order chi connectivity index (χ0) is 15.6. The molecule has 1 atom stereocenters. The maximum absolute atomic E-state index is 11.6. The summed E-state index contributed by atoms with van der Waals surface area (Å²) in [4.78, 5) is 23.3. The summed E-state index contributed by atoms with van der Waals surface area (Å²) in [5.74, 6) is 0. The number of carbonyl (C=O) groups is 2. The normalized spacial score (nSPS) is 12.3. The molecule has 1 rings (SSSR count). The van der Waals surface area contributed by atoms with Crippen molar-refractivity contribution in [3.63, 3.8) is 0 Å². The minimum absolute atomic E-state index is 0.237. The first kappa shape index (κ1) is 19.3. The molecule has 0 aliphatic heterocycles. The zero-order valence-electron chi connectivity index (χ0n) is 9.94. The third kappa shape index (κ3) is 3.77. The molecule has 0 heterocycles. The highest BCUT2D eigenvalue weighted by Crippen LogP contribution is 2.37. The van der Waals surface area contributed by atoms with E-state index in [4.69, 9.17) is 23.2 Å². The van der Waals surface area contributed by atoms with Gasteiger partial charge in [0.15, 0.2) is 0 Å². The lowest BCUT2D eigenvalue weighted by atomic mass is 9.99. The lowest BCUT2D eigenvalue weighted by Gasteiger charge is -2.21. The number of nitrogens with one attached hydrogen (secondary N) is 1. The van der Waals surface area contributed by atoms with E-state index in [2.05, 4.69) is 5.48 Å². The molecule has 0 aliphatic carbocycles. The number of halogens is 5. The Morgan fingerprint density at radius 3 is 1.75 bits per heavy atom. The standard InChI is InChI=1S/C11H8Cl2I3NO3/c1-2-3(17-20)4-7(14)5(10(12)18)9(16)6(8(4)15)11(13)19/h3,17,20H,2H2,1H3. The quantitative estimate of drug-likeness (QED) is 0.275. The Morgan fingerprint density at radius 2 is 1.50 bits per heavy atom. The molecule has 1 aromatic rings. The number of hydrogen-bond donors (Lipinski definition) is 2. The Labute approximate surface area is 166 Å². The van der Waals surface area contributed by atoms with Crippen molar-refractivity contribution in [3.8, 4) is 0 Å². The van der Waals surface area contributed by atoms with E-state index < -0.39 is 16.5 Å². The molecule has 1 aromatic carbocycles. The van der Waals surface area contributed by atoms with Gasteiger partial charge in [0.05, 0.1) is 17.2 Å². The lowest BCUT2D eigenvalue weighted by molar-refractivity contribution is 0.107. The third-order valence-electron chi connectivity index (χ3n) is 2.66. The van der Waals surface area contributed by atoms with Crippen LogP contribution in [0.2, 0.25) is 0 Å². The van der Waals surface area contributed by atoms with E-state index in [1.54, 1.807) is 0 Å². The van der Waals surface area contributed by atoms with Gasteiger partial charge in [-0.1, -0.05) is 6.92 Å². The fourth-order valence-corrected chi connectivity index (χ4v) is 7.61. The summed E-state index contributed by atoms with van der Waals surface area (Å²) in [7, 11) is 0. The Bertz CT molecular complexity index is 536. The van der Waals surface area contributed by atoms with Crippen LogP contribution in [-0.4, -0.2) is 15.7 Å². The van der Waals surface area contributed by atoms with Gasteiger partial charge >= 0.3 is 0 Å². The summed E-state index contributed by atoms with van der Waals surface area (Å²) in [5, 5.41) is 7.94. The number of benzene rings is 1.